The molecule has 5 heteroatoms. The second kappa shape index (κ2) is 5.27. The van der Waals surface area contributed by atoms with Crippen LogP contribution in [0.15, 0.2) is 40.9 Å². The molecular weight excluding hydrogens is 299 g/mol. The van der Waals surface area contributed by atoms with Crippen molar-refractivity contribution in [2.24, 2.45) is 0 Å². The lowest BCUT2D eigenvalue weighted by Crippen LogP contribution is -1.97. The Morgan fingerprint density at radius 2 is 2.00 bits per heavy atom. The molecule has 0 saturated heterocycles. The Hall–Kier alpha value is -1.75. The Balaban J connectivity index is 2.31. The molecule has 18 heavy (non-hydrogen) atoms. The standard InChI is InChI=1S/C13H12BrFN2O/c1-18-13-7-9(3-4-10(13)15)17-12-6-8(14)2-5-11(12)16/h2-7,17H,16H2,1H3. The van der Waals surface area contributed by atoms with E-state index in [1.54, 1.807) is 18.2 Å². The monoisotopic (exact) mass is 310 g/mol. The largest absolute Gasteiger partial charge is 0.494 e. The zero-order chi connectivity index (χ0) is 13.1. The van der Waals surface area contributed by atoms with Crippen molar-refractivity contribution in [1.29, 1.82) is 0 Å². The lowest BCUT2D eigenvalue weighted by molar-refractivity contribution is 0.387. The molecule has 0 aliphatic rings. The molecule has 0 bridgehead atoms. The molecule has 3 N–H and O–H groups in total. The smallest absolute Gasteiger partial charge is 0.165 e. The molecule has 0 atom stereocenters. The van der Waals surface area contributed by atoms with Crippen LogP contribution in [0.2, 0.25) is 0 Å². The van der Waals surface area contributed by atoms with Crippen molar-refractivity contribution in [2.45, 2.75) is 0 Å². The van der Waals surface area contributed by atoms with Crippen LogP contribution < -0.4 is 15.8 Å². The van der Waals surface area contributed by atoms with E-state index in [1.807, 2.05) is 12.1 Å². The highest BCUT2D eigenvalue weighted by molar-refractivity contribution is 9.10. The van der Waals surface area contributed by atoms with Crippen molar-refractivity contribution in [2.75, 3.05) is 18.2 Å². The summed E-state index contributed by atoms with van der Waals surface area (Å²) >= 11 is 3.37. The quantitative estimate of drug-likeness (QED) is 0.845. The first-order valence-corrected chi connectivity index (χ1v) is 6.05. The van der Waals surface area contributed by atoms with Gasteiger partial charge in [0.05, 0.1) is 18.5 Å². The number of methoxy groups -OCH3 is 1. The molecule has 2 rings (SSSR count). The molecule has 0 saturated carbocycles. The minimum Gasteiger partial charge on any atom is -0.494 e. The van der Waals surface area contributed by atoms with Crippen molar-refractivity contribution < 1.29 is 9.13 Å². The molecule has 2 aromatic rings. The average Bonchev–Trinajstić information content (AvgIpc) is 2.36. The lowest BCUT2D eigenvalue weighted by atomic mass is 10.2. The van der Waals surface area contributed by atoms with Crippen LogP contribution in [0.4, 0.5) is 21.5 Å². The molecule has 0 aliphatic heterocycles. The topological polar surface area (TPSA) is 47.3 Å². The van der Waals surface area contributed by atoms with Crippen molar-refractivity contribution in [3.05, 3.63) is 46.7 Å². The van der Waals surface area contributed by atoms with Crippen LogP contribution in [-0.2, 0) is 0 Å². The first-order valence-electron chi connectivity index (χ1n) is 5.26. The minimum atomic E-state index is -0.398. The second-order valence-corrected chi connectivity index (χ2v) is 4.62. The van der Waals surface area contributed by atoms with E-state index < -0.39 is 5.82 Å². The van der Waals surface area contributed by atoms with E-state index >= 15 is 0 Å². The highest BCUT2D eigenvalue weighted by Crippen LogP contribution is 2.29. The van der Waals surface area contributed by atoms with Crippen LogP contribution in [-0.4, -0.2) is 7.11 Å². The number of hydrogen-bond acceptors (Lipinski definition) is 3. The van der Waals surface area contributed by atoms with Gasteiger partial charge in [0, 0.05) is 16.2 Å². The van der Waals surface area contributed by atoms with Crippen molar-refractivity contribution >= 4 is 33.0 Å². The van der Waals surface area contributed by atoms with E-state index in [0.717, 1.165) is 10.2 Å². The lowest BCUT2D eigenvalue weighted by Gasteiger charge is -2.11. The second-order valence-electron chi connectivity index (χ2n) is 3.71. The predicted molar refractivity (Wildman–Crippen MR) is 74.8 cm³/mol. The van der Waals surface area contributed by atoms with Crippen molar-refractivity contribution in [3.8, 4) is 5.75 Å². The zero-order valence-electron chi connectivity index (χ0n) is 9.71. The number of nitrogens with one attached hydrogen (secondary N) is 1. The molecule has 0 aliphatic carbocycles. The van der Waals surface area contributed by atoms with Gasteiger partial charge in [0.15, 0.2) is 11.6 Å². The molecular formula is C13H12BrFN2O. The fourth-order valence-electron chi connectivity index (χ4n) is 1.53. The number of anilines is 3. The molecule has 0 heterocycles. The summed E-state index contributed by atoms with van der Waals surface area (Å²) in [6, 6.07) is 10.0. The van der Waals surface area contributed by atoms with E-state index in [0.29, 0.717) is 11.4 Å². The van der Waals surface area contributed by atoms with E-state index in [4.69, 9.17) is 10.5 Å². The molecule has 0 spiro atoms. The van der Waals surface area contributed by atoms with Gasteiger partial charge in [0.25, 0.3) is 0 Å². The Kier molecular flexibility index (Phi) is 3.72. The van der Waals surface area contributed by atoms with E-state index in [2.05, 4.69) is 21.2 Å². The van der Waals surface area contributed by atoms with Gasteiger partial charge in [-0.05, 0) is 30.3 Å². The third-order valence-corrected chi connectivity index (χ3v) is 2.94. The summed E-state index contributed by atoms with van der Waals surface area (Å²) < 4.78 is 19.1. The highest BCUT2D eigenvalue weighted by atomic mass is 79.9. The molecule has 0 unspecified atom stereocenters. The highest BCUT2D eigenvalue weighted by Gasteiger charge is 2.05. The molecule has 0 amide bonds. The normalized spacial score (nSPS) is 10.2. The van der Waals surface area contributed by atoms with Gasteiger partial charge in [-0.25, -0.2) is 4.39 Å². The van der Waals surface area contributed by atoms with Gasteiger partial charge >= 0.3 is 0 Å². The van der Waals surface area contributed by atoms with Crippen LogP contribution in [0.1, 0.15) is 0 Å². The van der Waals surface area contributed by atoms with Crippen molar-refractivity contribution in [3.63, 3.8) is 0 Å². The zero-order valence-corrected chi connectivity index (χ0v) is 11.3. The first kappa shape index (κ1) is 12.7. The van der Waals surface area contributed by atoms with E-state index in [9.17, 15) is 4.39 Å². The number of nitrogens with two attached hydrogens (primary N) is 1. The summed E-state index contributed by atoms with van der Waals surface area (Å²) in [5.41, 5.74) is 7.92. The SMILES string of the molecule is COc1cc(Nc2cc(Br)ccc2N)ccc1F. The number of halogens is 2. The fraction of sp³-hybridized carbons (Fsp3) is 0.0769. The molecule has 0 aromatic heterocycles. The van der Waals surface area contributed by atoms with Gasteiger partial charge in [0.1, 0.15) is 0 Å². The van der Waals surface area contributed by atoms with Crippen molar-refractivity contribution in [1.82, 2.24) is 0 Å². The third kappa shape index (κ3) is 2.73. The van der Waals surface area contributed by atoms with Gasteiger partial charge in [-0.2, -0.15) is 0 Å². The third-order valence-electron chi connectivity index (χ3n) is 2.45. The average molecular weight is 311 g/mol. The fourth-order valence-corrected chi connectivity index (χ4v) is 1.89. The number of rotatable bonds is 3. The molecule has 2 aromatic carbocycles. The summed E-state index contributed by atoms with van der Waals surface area (Å²) in [5, 5.41) is 3.11. The van der Waals surface area contributed by atoms with Crippen LogP contribution >= 0.6 is 15.9 Å². The molecule has 94 valence electrons. The minimum absolute atomic E-state index is 0.188. The van der Waals surface area contributed by atoms with E-state index in [-0.39, 0.29) is 5.75 Å². The van der Waals surface area contributed by atoms with Gasteiger partial charge in [0.2, 0.25) is 0 Å². The van der Waals surface area contributed by atoms with Gasteiger partial charge < -0.3 is 15.8 Å². The predicted octanol–water partition coefficient (Wildman–Crippen LogP) is 3.92. The Labute approximate surface area is 113 Å². The van der Waals surface area contributed by atoms with Crippen LogP contribution in [0.3, 0.4) is 0 Å². The first-order chi connectivity index (χ1) is 8.60. The maximum absolute atomic E-state index is 13.3. The maximum Gasteiger partial charge on any atom is 0.165 e. The van der Waals surface area contributed by atoms with Gasteiger partial charge in [-0.15, -0.1) is 0 Å². The molecule has 0 radical (unpaired) electrons. The summed E-state index contributed by atoms with van der Waals surface area (Å²) in [6.07, 6.45) is 0. The summed E-state index contributed by atoms with van der Waals surface area (Å²) in [5.74, 6) is -0.209. The number of ether oxygens (including phenoxy) is 1. The Bertz CT molecular complexity index is 575. The number of benzene rings is 2. The number of hydrogen-bond donors (Lipinski definition) is 2. The molecule has 0 fully saturated rings. The number of nitrogen functional groups attached to an aromatic ring is 1. The molecule has 3 nitrogen and oxygen atoms in total. The Morgan fingerprint density at radius 3 is 2.72 bits per heavy atom. The Morgan fingerprint density at radius 1 is 1.22 bits per heavy atom. The summed E-state index contributed by atoms with van der Waals surface area (Å²) in [4.78, 5) is 0. The summed E-state index contributed by atoms with van der Waals surface area (Å²) in [6.45, 7) is 0. The van der Waals surface area contributed by atoms with Crippen LogP contribution in [0, 0.1) is 5.82 Å². The van der Waals surface area contributed by atoms with Gasteiger partial charge in [-0.1, -0.05) is 15.9 Å². The van der Waals surface area contributed by atoms with Crippen LogP contribution in [0.25, 0.3) is 0 Å². The summed E-state index contributed by atoms with van der Waals surface area (Å²) in [7, 11) is 1.43. The van der Waals surface area contributed by atoms with Crippen LogP contribution in [0.5, 0.6) is 5.75 Å². The van der Waals surface area contributed by atoms with E-state index in [1.165, 1.54) is 13.2 Å². The maximum atomic E-state index is 13.3. The van der Waals surface area contributed by atoms with Gasteiger partial charge in [-0.3, -0.25) is 0 Å².